The molecule has 0 radical (unpaired) electrons. The molecule has 0 unspecified atom stereocenters. The quantitative estimate of drug-likeness (QED) is 0.544. The third kappa shape index (κ3) is 4.93. The average Bonchev–Trinajstić information content (AvgIpc) is 3.57. The van der Waals surface area contributed by atoms with Crippen LogP contribution in [0, 0.1) is 11.7 Å². The van der Waals surface area contributed by atoms with Gasteiger partial charge in [-0.2, -0.15) is 0 Å². The van der Waals surface area contributed by atoms with Gasteiger partial charge in [0.05, 0.1) is 11.8 Å². The third-order valence-corrected chi connectivity index (χ3v) is 7.87. The number of piperidine rings is 1. The lowest BCUT2D eigenvalue weighted by atomic mass is 9.94. The molecule has 2 saturated heterocycles. The summed E-state index contributed by atoms with van der Waals surface area (Å²) in [6, 6.07) is 12.6. The van der Waals surface area contributed by atoms with Gasteiger partial charge in [-0.25, -0.2) is 4.39 Å². The van der Waals surface area contributed by atoms with E-state index in [-0.39, 0.29) is 23.5 Å². The monoisotopic (exact) mass is 481 g/mol. The van der Waals surface area contributed by atoms with Crippen molar-refractivity contribution in [2.24, 2.45) is 5.92 Å². The maximum Gasteiger partial charge on any atom is 0.257 e. The molecule has 0 atom stereocenters. The van der Waals surface area contributed by atoms with Gasteiger partial charge >= 0.3 is 0 Å². The van der Waals surface area contributed by atoms with Crippen LogP contribution in [0.5, 0.6) is 0 Å². The molecule has 2 aliphatic heterocycles. The van der Waals surface area contributed by atoms with E-state index in [2.05, 4.69) is 11.0 Å². The van der Waals surface area contributed by atoms with Crippen LogP contribution >= 0.6 is 11.3 Å². The molecule has 1 aromatic carbocycles. The summed E-state index contributed by atoms with van der Waals surface area (Å²) in [5, 5.41) is 0. The highest BCUT2D eigenvalue weighted by Gasteiger charge is 2.32. The SMILES string of the molecule is O=C(c1ccoc1)N1CCC(C(=O)N2CCN(Cc3ccc(-c4ccccc4F)s3)CC2)CC1. The van der Waals surface area contributed by atoms with E-state index in [0.717, 1.165) is 37.6 Å². The predicted octanol–water partition coefficient (Wildman–Crippen LogP) is 4.34. The molecular formula is C26H28FN3O3S. The Bertz CT molecular complexity index is 1130. The molecule has 8 heteroatoms. The Morgan fingerprint density at radius 3 is 2.41 bits per heavy atom. The first kappa shape index (κ1) is 22.8. The summed E-state index contributed by atoms with van der Waals surface area (Å²) >= 11 is 1.62. The summed E-state index contributed by atoms with van der Waals surface area (Å²) in [5.41, 5.74) is 1.21. The Morgan fingerprint density at radius 1 is 0.941 bits per heavy atom. The highest BCUT2D eigenvalue weighted by Crippen LogP contribution is 2.31. The van der Waals surface area contributed by atoms with E-state index >= 15 is 0 Å². The molecule has 5 rings (SSSR count). The minimum absolute atomic E-state index is 0.0134. The summed E-state index contributed by atoms with van der Waals surface area (Å²) in [6.45, 7) is 5.12. The van der Waals surface area contributed by atoms with Crippen LogP contribution < -0.4 is 0 Å². The lowest BCUT2D eigenvalue weighted by Gasteiger charge is -2.38. The number of halogens is 1. The Morgan fingerprint density at radius 2 is 1.71 bits per heavy atom. The van der Waals surface area contributed by atoms with Crippen molar-refractivity contribution in [3.05, 3.63) is 71.2 Å². The fourth-order valence-corrected chi connectivity index (χ4v) is 5.85. The van der Waals surface area contributed by atoms with Gasteiger partial charge in [0.25, 0.3) is 5.91 Å². The number of carbonyl (C=O) groups is 2. The van der Waals surface area contributed by atoms with Gasteiger partial charge in [-0.1, -0.05) is 18.2 Å². The van der Waals surface area contributed by atoms with Crippen molar-refractivity contribution in [3.8, 4) is 10.4 Å². The van der Waals surface area contributed by atoms with Crippen LogP contribution in [0.25, 0.3) is 10.4 Å². The number of benzene rings is 1. The molecule has 2 aromatic heterocycles. The normalized spacial score (nSPS) is 17.8. The van der Waals surface area contributed by atoms with E-state index in [9.17, 15) is 14.0 Å². The number of rotatable bonds is 5. The number of piperazine rings is 1. The number of hydrogen-bond donors (Lipinski definition) is 0. The number of nitrogens with zero attached hydrogens (tertiary/aromatic N) is 3. The van der Waals surface area contributed by atoms with Gasteiger partial charge < -0.3 is 14.2 Å². The van der Waals surface area contributed by atoms with Crippen LogP contribution in [0.15, 0.2) is 59.4 Å². The van der Waals surface area contributed by atoms with Gasteiger partial charge in [0.2, 0.25) is 5.91 Å². The van der Waals surface area contributed by atoms with Crippen LogP contribution in [0.4, 0.5) is 4.39 Å². The number of carbonyl (C=O) groups excluding carboxylic acids is 2. The number of amides is 2. The minimum Gasteiger partial charge on any atom is -0.472 e. The van der Waals surface area contributed by atoms with E-state index in [0.29, 0.717) is 37.1 Å². The third-order valence-electron chi connectivity index (χ3n) is 6.76. The molecule has 2 fully saturated rings. The summed E-state index contributed by atoms with van der Waals surface area (Å²) in [4.78, 5) is 33.8. The van der Waals surface area contributed by atoms with Crippen LogP contribution in [-0.2, 0) is 11.3 Å². The van der Waals surface area contributed by atoms with Gasteiger partial charge in [0.15, 0.2) is 0 Å². The van der Waals surface area contributed by atoms with E-state index in [4.69, 9.17) is 4.42 Å². The average molecular weight is 482 g/mol. The van der Waals surface area contributed by atoms with Crippen molar-refractivity contribution in [2.75, 3.05) is 39.3 Å². The molecular weight excluding hydrogens is 453 g/mol. The molecule has 34 heavy (non-hydrogen) atoms. The van der Waals surface area contributed by atoms with Crippen molar-refractivity contribution in [3.63, 3.8) is 0 Å². The predicted molar refractivity (Wildman–Crippen MR) is 129 cm³/mol. The Labute approximate surface area is 202 Å². The lowest BCUT2D eigenvalue weighted by Crippen LogP contribution is -2.51. The summed E-state index contributed by atoms with van der Waals surface area (Å²) in [6.07, 6.45) is 4.38. The largest absolute Gasteiger partial charge is 0.472 e. The van der Waals surface area contributed by atoms with Crippen molar-refractivity contribution in [1.29, 1.82) is 0 Å². The highest BCUT2D eigenvalue weighted by molar-refractivity contribution is 7.15. The summed E-state index contributed by atoms with van der Waals surface area (Å²) in [7, 11) is 0. The second-order valence-corrected chi connectivity index (χ2v) is 10.1. The van der Waals surface area contributed by atoms with Crippen molar-refractivity contribution in [2.45, 2.75) is 19.4 Å². The van der Waals surface area contributed by atoms with Gasteiger partial charge in [0, 0.05) is 67.0 Å². The first-order chi connectivity index (χ1) is 16.6. The molecule has 0 aliphatic carbocycles. The Balaban J connectivity index is 1.09. The number of furan rings is 1. The second-order valence-electron chi connectivity index (χ2n) is 8.93. The fraction of sp³-hybridized carbons (Fsp3) is 0.385. The summed E-state index contributed by atoms with van der Waals surface area (Å²) in [5.74, 6) is -0.0201. The number of hydrogen-bond acceptors (Lipinski definition) is 5. The molecule has 3 aromatic rings. The maximum absolute atomic E-state index is 14.1. The maximum atomic E-state index is 14.1. The molecule has 0 N–H and O–H groups in total. The fourth-order valence-electron chi connectivity index (χ4n) is 4.77. The molecule has 2 aliphatic rings. The standard InChI is InChI=1S/C26H28FN3O3S/c27-23-4-2-1-3-22(23)24-6-5-21(34-24)17-28-12-14-30(15-13-28)25(31)19-7-10-29(11-8-19)26(32)20-9-16-33-18-20/h1-6,9,16,18-19H,7-8,10-15,17H2. The first-order valence-corrected chi connectivity index (χ1v) is 12.6. The molecule has 2 amide bonds. The molecule has 0 spiro atoms. The van der Waals surface area contributed by atoms with Crippen LogP contribution in [-0.4, -0.2) is 65.8 Å². The van der Waals surface area contributed by atoms with Crippen molar-refractivity contribution < 1.29 is 18.4 Å². The molecule has 6 nitrogen and oxygen atoms in total. The number of thiophene rings is 1. The van der Waals surface area contributed by atoms with Crippen molar-refractivity contribution >= 4 is 23.2 Å². The second kappa shape index (κ2) is 10.1. The van der Waals surface area contributed by atoms with E-state index < -0.39 is 0 Å². The zero-order valence-electron chi connectivity index (χ0n) is 19.0. The lowest BCUT2D eigenvalue weighted by molar-refractivity contribution is -0.138. The smallest absolute Gasteiger partial charge is 0.257 e. The van der Waals surface area contributed by atoms with Gasteiger partial charge in [-0.3, -0.25) is 14.5 Å². The highest BCUT2D eigenvalue weighted by atomic mass is 32.1. The topological polar surface area (TPSA) is 57.0 Å². The minimum atomic E-state index is -0.195. The molecule has 4 heterocycles. The zero-order valence-corrected chi connectivity index (χ0v) is 19.8. The zero-order chi connectivity index (χ0) is 23.5. The van der Waals surface area contributed by atoms with Crippen LogP contribution in [0.2, 0.25) is 0 Å². The number of likely N-dealkylation sites (tertiary alicyclic amines) is 1. The van der Waals surface area contributed by atoms with E-state index in [1.807, 2.05) is 28.0 Å². The van der Waals surface area contributed by atoms with Gasteiger partial charge in [-0.15, -0.1) is 11.3 Å². The van der Waals surface area contributed by atoms with E-state index in [1.165, 1.54) is 23.5 Å². The summed E-state index contributed by atoms with van der Waals surface area (Å²) < 4.78 is 19.1. The molecule has 0 saturated carbocycles. The molecule has 0 bridgehead atoms. The Hall–Kier alpha value is -2.97. The van der Waals surface area contributed by atoms with Crippen molar-refractivity contribution in [1.82, 2.24) is 14.7 Å². The van der Waals surface area contributed by atoms with Gasteiger partial charge in [-0.05, 0) is 37.1 Å². The Kier molecular flexibility index (Phi) is 6.78. The van der Waals surface area contributed by atoms with Crippen LogP contribution in [0.1, 0.15) is 28.1 Å². The first-order valence-electron chi connectivity index (χ1n) is 11.7. The van der Waals surface area contributed by atoms with Crippen LogP contribution in [0.3, 0.4) is 0 Å². The molecule has 178 valence electrons. The van der Waals surface area contributed by atoms with E-state index in [1.54, 1.807) is 23.5 Å². The van der Waals surface area contributed by atoms with Gasteiger partial charge in [0.1, 0.15) is 12.1 Å².